The predicted octanol–water partition coefficient (Wildman–Crippen LogP) is 4.93. The number of aromatic amines is 1. The molecule has 0 atom stereocenters. The predicted molar refractivity (Wildman–Crippen MR) is 140 cm³/mol. The third-order valence-electron chi connectivity index (χ3n) is 5.99. The van der Waals surface area contributed by atoms with Crippen molar-refractivity contribution in [2.45, 2.75) is 20.0 Å². The minimum atomic E-state index is 0.404. The summed E-state index contributed by atoms with van der Waals surface area (Å²) in [5, 5.41) is 18.5. The second-order valence-electron chi connectivity index (χ2n) is 8.44. The number of fused-ring (bicyclic) bond motifs is 1. The fourth-order valence-electron chi connectivity index (χ4n) is 4.18. The third kappa shape index (κ3) is 4.46. The third-order valence-corrected chi connectivity index (χ3v) is 6.27. The Morgan fingerprint density at radius 3 is 2.67 bits per heavy atom. The number of halogens is 1. The fourth-order valence-corrected chi connectivity index (χ4v) is 4.32. The van der Waals surface area contributed by atoms with Crippen molar-refractivity contribution < 1.29 is 0 Å². The first-order valence-corrected chi connectivity index (χ1v) is 11.9. The molecule has 0 fully saturated rings. The van der Waals surface area contributed by atoms with E-state index in [9.17, 15) is 0 Å². The van der Waals surface area contributed by atoms with Crippen LogP contribution in [0.1, 0.15) is 11.5 Å². The van der Waals surface area contributed by atoms with E-state index in [0.29, 0.717) is 22.6 Å². The first kappa shape index (κ1) is 22.1. The Hall–Kier alpha value is -4.44. The summed E-state index contributed by atoms with van der Waals surface area (Å²) in [6.07, 6.45) is 3.43. The molecule has 3 aromatic heterocycles. The molecule has 0 unspecified atom stereocenters. The van der Waals surface area contributed by atoms with Gasteiger partial charge in [-0.25, -0.2) is 9.97 Å². The van der Waals surface area contributed by atoms with Crippen molar-refractivity contribution in [1.82, 2.24) is 34.9 Å². The van der Waals surface area contributed by atoms with Crippen LogP contribution in [0.25, 0.3) is 11.4 Å². The highest BCUT2D eigenvalue weighted by Gasteiger charge is 2.17. The van der Waals surface area contributed by atoms with Crippen molar-refractivity contribution in [3.63, 3.8) is 0 Å². The Labute approximate surface area is 212 Å². The Bertz CT molecular complexity index is 1510. The summed E-state index contributed by atoms with van der Waals surface area (Å²) in [6.45, 7) is 4.51. The zero-order valence-electron chi connectivity index (χ0n) is 19.5. The summed E-state index contributed by atoms with van der Waals surface area (Å²) in [7, 11) is 0. The van der Waals surface area contributed by atoms with E-state index in [4.69, 9.17) is 11.6 Å². The molecule has 6 rings (SSSR count). The van der Waals surface area contributed by atoms with Gasteiger partial charge in [0.2, 0.25) is 5.95 Å². The summed E-state index contributed by atoms with van der Waals surface area (Å²) in [5.41, 5.74) is 4.88. The van der Waals surface area contributed by atoms with E-state index in [0.717, 1.165) is 48.1 Å². The number of anilines is 5. The van der Waals surface area contributed by atoms with Gasteiger partial charge in [0, 0.05) is 29.7 Å². The molecule has 1 aliphatic heterocycles. The van der Waals surface area contributed by atoms with Crippen LogP contribution in [0.3, 0.4) is 0 Å². The SMILES string of the molecule is Cc1nc(-c2ccccc2Nc2nc(Nc3ccc(N4CCn5nccc5C4)cc3)ncc2Cl)n[nH]1. The molecule has 1 aliphatic rings. The monoisotopic (exact) mass is 498 g/mol. The maximum absolute atomic E-state index is 6.42. The van der Waals surface area contributed by atoms with Gasteiger partial charge in [0.1, 0.15) is 10.8 Å². The van der Waals surface area contributed by atoms with E-state index >= 15 is 0 Å². The van der Waals surface area contributed by atoms with Crippen LogP contribution in [0.5, 0.6) is 0 Å². The van der Waals surface area contributed by atoms with E-state index < -0.39 is 0 Å². The first-order chi connectivity index (χ1) is 17.6. The van der Waals surface area contributed by atoms with Crippen molar-refractivity contribution in [3.8, 4) is 11.4 Å². The van der Waals surface area contributed by atoms with Crippen molar-refractivity contribution in [1.29, 1.82) is 0 Å². The van der Waals surface area contributed by atoms with Crippen LogP contribution in [-0.2, 0) is 13.1 Å². The molecule has 0 aliphatic carbocycles. The van der Waals surface area contributed by atoms with E-state index in [-0.39, 0.29) is 0 Å². The van der Waals surface area contributed by atoms with Crippen LogP contribution in [0.15, 0.2) is 67.0 Å². The minimum Gasteiger partial charge on any atom is -0.364 e. The molecule has 5 aromatic rings. The summed E-state index contributed by atoms with van der Waals surface area (Å²) in [5.74, 6) is 2.25. The van der Waals surface area contributed by atoms with Gasteiger partial charge in [0.05, 0.1) is 30.7 Å². The Morgan fingerprint density at radius 2 is 1.83 bits per heavy atom. The highest BCUT2D eigenvalue weighted by molar-refractivity contribution is 6.33. The number of nitrogens with one attached hydrogen (secondary N) is 3. The standard InChI is InChI=1S/C25H23ClN10/c1-16-29-23(34-33-16)20-4-2-3-5-22(20)31-24-21(26)14-27-25(32-24)30-17-6-8-18(9-7-17)35-12-13-36-19(15-35)10-11-28-36/h2-11,14H,12-13,15H2,1H3,(H,29,33,34)(H2,27,30,31,32). The van der Waals surface area contributed by atoms with Gasteiger partial charge in [0.25, 0.3) is 0 Å². The summed E-state index contributed by atoms with van der Waals surface area (Å²) < 4.78 is 2.06. The van der Waals surface area contributed by atoms with E-state index in [1.54, 1.807) is 6.20 Å². The summed E-state index contributed by atoms with van der Waals surface area (Å²) in [4.78, 5) is 15.7. The fraction of sp³-hybridized carbons (Fsp3) is 0.160. The average Bonchev–Trinajstić information content (AvgIpc) is 3.55. The highest BCUT2D eigenvalue weighted by Crippen LogP contribution is 2.31. The number of aryl methyl sites for hydroxylation is 1. The Kier molecular flexibility index (Phi) is 5.70. The smallest absolute Gasteiger partial charge is 0.229 e. The van der Waals surface area contributed by atoms with Gasteiger partial charge in [-0.1, -0.05) is 23.7 Å². The topological polar surface area (TPSA) is 112 Å². The van der Waals surface area contributed by atoms with Crippen molar-refractivity contribution in [3.05, 3.63) is 83.5 Å². The molecule has 36 heavy (non-hydrogen) atoms. The zero-order valence-corrected chi connectivity index (χ0v) is 20.2. The molecule has 180 valence electrons. The molecule has 3 N–H and O–H groups in total. The molecule has 4 heterocycles. The lowest BCUT2D eigenvalue weighted by molar-refractivity contribution is 0.520. The number of H-pyrrole nitrogens is 1. The number of aromatic nitrogens is 7. The number of benzene rings is 2. The minimum absolute atomic E-state index is 0.404. The van der Waals surface area contributed by atoms with Gasteiger partial charge in [-0.3, -0.25) is 9.78 Å². The van der Waals surface area contributed by atoms with Gasteiger partial charge in [0.15, 0.2) is 11.6 Å². The highest BCUT2D eigenvalue weighted by atomic mass is 35.5. The van der Waals surface area contributed by atoms with Crippen molar-refractivity contribution in [2.75, 3.05) is 22.1 Å². The van der Waals surface area contributed by atoms with Gasteiger partial charge < -0.3 is 15.5 Å². The number of rotatable bonds is 6. The lowest BCUT2D eigenvalue weighted by Gasteiger charge is -2.29. The molecule has 2 aromatic carbocycles. The molecular weight excluding hydrogens is 476 g/mol. The molecular formula is C25H23ClN10. The normalized spacial score (nSPS) is 12.9. The van der Waals surface area contributed by atoms with Crippen LogP contribution in [0.4, 0.5) is 28.8 Å². The molecule has 0 bridgehead atoms. The van der Waals surface area contributed by atoms with Gasteiger partial charge in [-0.2, -0.15) is 15.2 Å². The van der Waals surface area contributed by atoms with Gasteiger partial charge in [-0.05, 0) is 49.4 Å². The largest absolute Gasteiger partial charge is 0.364 e. The van der Waals surface area contributed by atoms with Crippen LogP contribution < -0.4 is 15.5 Å². The molecule has 11 heteroatoms. The number of hydrogen-bond acceptors (Lipinski definition) is 8. The maximum Gasteiger partial charge on any atom is 0.229 e. The molecule has 0 amide bonds. The summed E-state index contributed by atoms with van der Waals surface area (Å²) in [6, 6.07) is 18.0. The summed E-state index contributed by atoms with van der Waals surface area (Å²) >= 11 is 6.42. The number of para-hydroxylation sites is 1. The first-order valence-electron chi connectivity index (χ1n) is 11.5. The maximum atomic E-state index is 6.42. The van der Waals surface area contributed by atoms with Crippen LogP contribution in [0, 0.1) is 6.92 Å². The average molecular weight is 499 g/mol. The number of nitrogens with zero attached hydrogens (tertiary/aromatic N) is 7. The Morgan fingerprint density at radius 1 is 0.972 bits per heavy atom. The second-order valence-corrected chi connectivity index (χ2v) is 8.85. The van der Waals surface area contributed by atoms with Crippen LogP contribution in [-0.4, -0.2) is 41.5 Å². The van der Waals surface area contributed by atoms with E-state index in [1.807, 2.05) is 49.5 Å². The van der Waals surface area contributed by atoms with Crippen LogP contribution >= 0.6 is 11.6 Å². The molecule has 0 saturated heterocycles. The lowest BCUT2D eigenvalue weighted by atomic mass is 10.1. The second kappa shape index (κ2) is 9.31. The molecule has 0 radical (unpaired) electrons. The zero-order chi connectivity index (χ0) is 24.5. The molecule has 0 saturated carbocycles. The van der Waals surface area contributed by atoms with Crippen molar-refractivity contribution in [2.24, 2.45) is 0 Å². The van der Waals surface area contributed by atoms with E-state index in [1.165, 1.54) is 5.69 Å². The van der Waals surface area contributed by atoms with Gasteiger partial charge >= 0.3 is 0 Å². The lowest BCUT2D eigenvalue weighted by Crippen LogP contribution is -2.33. The van der Waals surface area contributed by atoms with E-state index in [2.05, 4.69) is 68.7 Å². The molecule has 10 nitrogen and oxygen atoms in total. The van der Waals surface area contributed by atoms with Crippen molar-refractivity contribution >= 4 is 40.4 Å². The number of hydrogen-bond donors (Lipinski definition) is 3. The van der Waals surface area contributed by atoms with Gasteiger partial charge in [-0.15, -0.1) is 0 Å². The quantitative estimate of drug-likeness (QED) is 0.302. The Balaban J connectivity index is 1.19. The van der Waals surface area contributed by atoms with Crippen LogP contribution in [0.2, 0.25) is 5.02 Å². The molecule has 0 spiro atoms.